The molecule has 0 aromatic heterocycles. The fraction of sp³-hybridized carbons (Fsp3) is 0.318. The van der Waals surface area contributed by atoms with E-state index in [1.54, 1.807) is 21.3 Å². The van der Waals surface area contributed by atoms with Crippen molar-refractivity contribution in [1.82, 2.24) is 9.80 Å². The molecule has 4 heterocycles. The zero-order valence-electron chi connectivity index (χ0n) is 30.6. The largest absolute Gasteiger partial charge is 0.493 e. The van der Waals surface area contributed by atoms with Gasteiger partial charge in [-0.1, -0.05) is 48.5 Å². The van der Waals surface area contributed by atoms with Crippen molar-refractivity contribution in [3.05, 3.63) is 130 Å². The van der Waals surface area contributed by atoms with E-state index in [1.165, 1.54) is 22.3 Å². The molecule has 5 aromatic rings. The number of rotatable bonds is 6. The highest BCUT2D eigenvalue weighted by Crippen LogP contribution is 2.52. The van der Waals surface area contributed by atoms with Crippen molar-refractivity contribution < 1.29 is 28.4 Å². The minimum atomic E-state index is 0.0291. The normalized spacial score (nSPS) is 18.2. The van der Waals surface area contributed by atoms with E-state index >= 15 is 0 Å². The Hall–Kier alpha value is -5.18. The Morgan fingerprint density at radius 3 is 2.06 bits per heavy atom. The number of benzene rings is 5. The minimum absolute atomic E-state index is 0.0291. The highest BCUT2D eigenvalue weighted by atomic mass is 16.5. The van der Waals surface area contributed by atoms with Gasteiger partial charge in [0.2, 0.25) is 5.75 Å². The van der Waals surface area contributed by atoms with E-state index in [1.807, 2.05) is 24.3 Å². The first-order valence-corrected chi connectivity index (χ1v) is 18.1. The van der Waals surface area contributed by atoms with Gasteiger partial charge in [0.1, 0.15) is 12.4 Å². The molecule has 2 atom stereocenters. The first kappa shape index (κ1) is 33.9. The molecule has 4 aliphatic rings. The van der Waals surface area contributed by atoms with Gasteiger partial charge in [0.15, 0.2) is 34.5 Å². The summed E-state index contributed by atoms with van der Waals surface area (Å²) in [6.07, 6.45) is 3.32. The molecular formula is C44H46N2O6. The Labute approximate surface area is 306 Å². The molecule has 268 valence electrons. The fourth-order valence-electron chi connectivity index (χ4n) is 7.96. The van der Waals surface area contributed by atoms with Crippen LogP contribution in [0.15, 0.2) is 91.0 Å². The second kappa shape index (κ2) is 14.4. The molecule has 0 saturated heterocycles. The van der Waals surface area contributed by atoms with Gasteiger partial charge < -0.3 is 28.4 Å². The first-order valence-electron chi connectivity index (χ1n) is 18.1. The van der Waals surface area contributed by atoms with Crippen LogP contribution < -0.4 is 28.4 Å². The molecular weight excluding hydrogens is 652 g/mol. The third-order valence-electron chi connectivity index (χ3n) is 10.9. The number of methoxy groups -OCH3 is 3. The lowest BCUT2D eigenvalue weighted by Gasteiger charge is -2.37. The standard InChI is InChI=1S/C44H46N2O6/c1-45-19-17-31-24-38(47-3)40-26-34(31)35(45)22-30-13-16-37(50-27-29-9-7-6-8-10-29)39(23-30)51-33-14-11-28(12-15-33)21-36-42-32(18-20-46(36)2)25-41(48-4)43(49-5)44(42)52-40/h6-16,23-26,35-36H,17-22,27H2,1-5H3. The van der Waals surface area contributed by atoms with Gasteiger partial charge >= 0.3 is 0 Å². The Balaban J connectivity index is 1.28. The van der Waals surface area contributed by atoms with Crippen LogP contribution in [0.2, 0.25) is 0 Å². The van der Waals surface area contributed by atoms with Crippen molar-refractivity contribution in [1.29, 1.82) is 0 Å². The smallest absolute Gasteiger partial charge is 0.204 e. The number of ether oxygens (including phenoxy) is 6. The molecule has 0 saturated carbocycles. The Kier molecular flexibility index (Phi) is 9.43. The average Bonchev–Trinajstić information content (AvgIpc) is 3.17. The van der Waals surface area contributed by atoms with Crippen LogP contribution in [0, 0.1) is 0 Å². The molecule has 0 fully saturated rings. The van der Waals surface area contributed by atoms with Crippen molar-refractivity contribution in [2.75, 3.05) is 48.5 Å². The van der Waals surface area contributed by atoms with Crippen LogP contribution in [0.3, 0.4) is 0 Å². The minimum Gasteiger partial charge on any atom is -0.493 e. The molecule has 2 unspecified atom stereocenters. The number of nitrogens with zero attached hydrogens (tertiary/aromatic N) is 2. The summed E-state index contributed by atoms with van der Waals surface area (Å²) in [5.74, 6) is 5.43. The summed E-state index contributed by atoms with van der Waals surface area (Å²) in [6, 6.07) is 31.5. The Bertz CT molecular complexity index is 2060. The van der Waals surface area contributed by atoms with Crippen LogP contribution in [-0.4, -0.2) is 58.3 Å². The van der Waals surface area contributed by atoms with Crippen LogP contribution in [-0.2, 0) is 32.3 Å². The van der Waals surface area contributed by atoms with Crippen molar-refractivity contribution in [3.63, 3.8) is 0 Å². The third-order valence-corrected chi connectivity index (χ3v) is 10.9. The molecule has 4 aliphatic heterocycles. The SMILES string of the molecule is COc1cc2c3cc1Oc1c(OC)c(OC)cc4c1C(Cc1ccc(cc1)Oc1cc(ccc1OCc1ccccc1)CC3N(C)CC2)N(C)CC4. The van der Waals surface area contributed by atoms with Gasteiger partial charge in [-0.3, -0.25) is 9.80 Å². The zero-order chi connectivity index (χ0) is 35.8. The second-order valence-corrected chi connectivity index (χ2v) is 14.0. The van der Waals surface area contributed by atoms with Crippen molar-refractivity contribution >= 4 is 0 Å². The predicted molar refractivity (Wildman–Crippen MR) is 202 cm³/mol. The quantitative estimate of drug-likeness (QED) is 0.175. The van der Waals surface area contributed by atoms with Gasteiger partial charge in [0, 0.05) is 30.7 Å². The maximum atomic E-state index is 7.08. The number of hydrogen-bond acceptors (Lipinski definition) is 8. The summed E-state index contributed by atoms with van der Waals surface area (Å²) < 4.78 is 38.1. The van der Waals surface area contributed by atoms with E-state index < -0.39 is 0 Å². The number of hydrogen-bond donors (Lipinski definition) is 0. The lowest BCUT2D eigenvalue weighted by atomic mass is 9.87. The second-order valence-electron chi connectivity index (χ2n) is 14.0. The number of fused-ring (bicyclic) bond motifs is 2. The summed E-state index contributed by atoms with van der Waals surface area (Å²) in [7, 11) is 9.45. The van der Waals surface area contributed by atoms with E-state index in [4.69, 9.17) is 28.4 Å². The van der Waals surface area contributed by atoms with E-state index in [2.05, 4.69) is 90.6 Å². The molecule has 0 radical (unpaired) electrons. The molecule has 6 bridgehead atoms. The Morgan fingerprint density at radius 1 is 0.635 bits per heavy atom. The van der Waals surface area contributed by atoms with E-state index in [0.29, 0.717) is 46.9 Å². The van der Waals surface area contributed by atoms with Crippen LogP contribution in [0.5, 0.6) is 46.0 Å². The lowest BCUT2D eigenvalue weighted by Crippen LogP contribution is -2.34. The molecule has 8 heteroatoms. The fourth-order valence-corrected chi connectivity index (χ4v) is 7.96. The first-order chi connectivity index (χ1) is 25.4. The van der Waals surface area contributed by atoms with Gasteiger partial charge in [0.05, 0.1) is 21.3 Å². The van der Waals surface area contributed by atoms with Crippen molar-refractivity contribution in [2.24, 2.45) is 0 Å². The molecule has 9 rings (SSSR count). The van der Waals surface area contributed by atoms with E-state index in [9.17, 15) is 0 Å². The molecule has 0 aliphatic carbocycles. The monoisotopic (exact) mass is 698 g/mol. The predicted octanol–water partition coefficient (Wildman–Crippen LogP) is 8.73. The van der Waals surface area contributed by atoms with Gasteiger partial charge in [-0.2, -0.15) is 0 Å². The van der Waals surface area contributed by atoms with Gasteiger partial charge in [-0.15, -0.1) is 0 Å². The maximum absolute atomic E-state index is 7.08. The summed E-state index contributed by atoms with van der Waals surface area (Å²) in [5.41, 5.74) is 8.22. The Morgan fingerprint density at radius 2 is 1.31 bits per heavy atom. The number of likely N-dealkylation sites (N-methyl/N-ethyl adjacent to an activating group) is 2. The topological polar surface area (TPSA) is 61.9 Å². The van der Waals surface area contributed by atoms with Crippen molar-refractivity contribution in [2.45, 2.75) is 44.4 Å². The molecule has 0 N–H and O–H groups in total. The van der Waals surface area contributed by atoms with Gasteiger partial charge in [-0.25, -0.2) is 0 Å². The zero-order valence-corrected chi connectivity index (χ0v) is 30.6. The average molecular weight is 699 g/mol. The maximum Gasteiger partial charge on any atom is 0.204 e. The van der Waals surface area contributed by atoms with Gasteiger partial charge in [0.25, 0.3) is 0 Å². The molecule has 5 aromatic carbocycles. The summed E-state index contributed by atoms with van der Waals surface area (Å²) in [6.45, 7) is 2.29. The van der Waals surface area contributed by atoms with E-state index in [-0.39, 0.29) is 12.1 Å². The molecule has 0 spiro atoms. The van der Waals surface area contributed by atoms with Gasteiger partial charge in [-0.05, 0) is 116 Å². The van der Waals surface area contributed by atoms with Crippen LogP contribution in [0.4, 0.5) is 0 Å². The summed E-state index contributed by atoms with van der Waals surface area (Å²) in [4.78, 5) is 4.83. The third kappa shape index (κ3) is 6.53. The lowest BCUT2D eigenvalue weighted by molar-refractivity contribution is 0.220. The molecule has 0 amide bonds. The highest BCUT2D eigenvalue weighted by molar-refractivity contribution is 5.63. The van der Waals surface area contributed by atoms with Crippen molar-refractivity contribution in [3.8, 4) is 46.0 Å². The highest BCUT2D eigenvalue weighted by Gasteiger charge is 2.34. The summed E-state index contributed by atoms with van der Waals surface area (Å²) >= 11 is 0. The van der Waals surface area contributed by atoms with Crippen LogP contribution in [0.25, 0.3) is 0 Å². The van der Waals surface area contributed by atoms with Crippen LogP contribution >= 0.6 is 0 Å². The van der Waals surface area contributed by atoms with Crippen LogP contribution in [0.1, 0.15) is 51.0 Å². The molecule has 8 nitrogen and oxygen atoms in total. The summed E-state index contributed by atoms with van der Waals surface area (Å²) in [5, 5.41) is 0. The molecule has 52 heavy (non-hydrogen) atoms. The van der Waals surface area contributed by atoms with E-state index in [0.717, 1.165) is 61.2 Å².